The summed E-state index contributed by atoms with van der Waals surface area (Å²) in [4.78, 5) is 14.7. The molecule has 3 aromatic rings. The number of benzene rings is 2. The van der Waals surface area contributed by atoms with Gasteiger partial charge in [0.1, 0.15) is 42.1 Å². The number of nitrogens with one attached hydrogen (secondary N) is 1. The molecule has 0 bridgehead atoms. The van der Waals surface area contributed by atoms with Crippen molar-refractivity contribution in [3.8, 4) is 23.3 Å². The van der Waals surface area contributed by atoms with Gasteiger partial charge in [-0.25, -0.2) is 0 Å². The zero-order chi connectivity index (χ0) is 24.5. The molecular weight excluding hydrogens is 466 g/mol. The second kappa shape index (κ2) is 11.9. The summed E-state index contributed by atoms with van der Waals surface area (Å²) in [5.41, 5.74) is 0.676. The first-order chi connectivity index (χ1) is 17.1. The van der Waals surface area contributed by atoms with E-state index >= 15 is 0 Å². The molecule has 1 N–H and O–H groups in total. The fourth-order valence-electron chi connectivity index (χ4n) is 3.45. The molecule has 1 amide bonds. The molecule has 1 aromatic heterocycles. The van der Waals surface area contributed by atoms with Crippen LogP contribution in [0.15, 0.2) is 54.1 Å². The number of methoxy groups -OCH3 is 1. The quantitative estimate of drug-likeness (QED) is 0.256. The summed E-state index contributed by atoms with van der Waals surface area (Å²) in [5.74, 6) is 1.57. The number of carbonyl (C=O) groups excluding carboxylic acids is 1. The highest BCUT2D eigenvalue weighted by Crippen LogP contribution is 2.27. The molecule has 1 aliphatic heterocycles. The first kappa shape index (κ1) is 24.0. The minimum Gasteiger partial charge on any atom is -0.497 e. The van der Waals surface area contributed by atoms with Crippen molar-refractivity contribution in [1.29, 1.82) is 5.26 Å². The molecule has 0 unspecified atom stereocenters. The van der Waals surface area contributed by atoms with E-state index in [9.17, 15) is 10.1 Å². The van der Waals surface area contributed by atoms with Crippen molar-refractivity contribution in [1.82, 2.24) is 10.2 Å². The second-order valence-electron chi connectivity index (χ2n) is 7.65. The summed E-state index contributed by atoms with van der Waals surface area (Å²) in [5, 5.41) is 21.5. The van der Waals surface area contributed by atoms with Crippen LogP contribution >= 0.6 is 11.3 Å². The van der Waals surface area contributed by atoms with Crippen LogP contribution in [0.4, 0.5) is 10.3 Å². The zero-order valence-corrected chi connectivity index (χ0v) is 20.1. The Hall–Kier alpha value is -4.10. The number of hydrogen-bond donors (Lipinski definition) is 1. The molecule has 9 nitrogen and oxygen atoms in total. The van der Waals surface area contributed by atoms with Crippen LogP contribution in [0.25, 0.3) is 6.08 Å². The van der Waals surface area contributed by atoms with Gasteiger partial charge in [0.25, 0.3) is 5.91 Å². The van der Waals surface area contributed by atoms with Gasteiger partial charge in [-0.15, -0.1) is 10.2 Å². The van der Waals surface area contributed by atoms with Gasteiger partial charge in [0.15, 0.2) is 0 Å². The standard InChI is InChI=1S/C25H25N5O4S/c1-32-21-5-4-6-22(16-21)34-14-13-33-20-9-7-18(8-10-20)15-19(17-26)23(31)27-24-28-29-25(35-24)30-11-2-3-12-30/h4-10,15-16H,2-3,11-14H2,1H3,(H,27,28,31)/b19-15-. The molecule has 2 heterocycles. The van der Waals surface area contributed by atoms with Gasteiger partial charge < -0.3 is 19.1 Å². The van der Waals surface area contributed by atoms with E-state index in [-0.39, 0.29) is 5.57 Å². The number of amides is 1. The van der Waals surface area contributed by atoms with Crippen LogP contribution in [0, 0.1) is 11.3 Å². The zero-order valence-electron chi connectivity index (χ0n) is 19.3. The Morgan fingerprint density at radius 3 is 2.51 bits per heavy atom. The van der Waals surface area contributed by atoms with Gasteiger partial charge in [-0.2, -0.15) is 5.26 Å². The number of anilines is 2. The first-order valence-corrected chi connectivity index (χ1v) is 12.0. The van der Waals surface area contributed by atoms with Crippen LogP contribution in [0.3, 0.4) is 0 Å². The third kappa shape index (κ3) is 6.71. The lowest BCUT2D eigenvalue weighted by Gasteiger charge is -2.10. The molecular formula is C25H25N5O4S. The monoisotopic (exact) mass is 491 g/mol. The predicted octanol–water partition coefficient (Wildman–Crippen LogP) is 4.15. The minimum atomic E-state index is -0.522. The van der Waals surface area contributed by atoms with E-state index in [4.69, 9.17) is 14.2 Å². The van der Waals surface area contributed by atoms with E-state index < -0.39 is 5.91 Å². The van der Waals surface area contributed by atoms with E-state index in [0.29, 0.717) is 35.4 Å². The highest BCUT2D eigenvalue weighted by Gasteiger charge is 2.18. The minimum absolute atomic E-state index is 0.0247. The maximum Gasteiger partial charge on any atom is 0.268 e. The average molecular weight is 492 g/mol. The summed E-state index contributed by atoms with van der Waals surface area (Å²) in [6, 6.07) is 16.4. The Morgan fingerprint density at radius 2 is 1.80 bits per heavy atom. The molecule has 0 spiro atoms. The molecule has 1 aliphatic rings. The summed E-state index contributed by atoms with van der Waals surface area (Å²) in [7, 11) is 1.61. The van der Waals surface area contributed by atoms with E-state index in [1.807, 2.05) is 30.3 Å². The third-order valence-corrected chi connectivity index (χ3v) is 6.13. The van der Waals surface area contributed by atoms with Crippen molar-refractivity contribution in [3.63, 3.8) is 0 Å². The SMILES string of the molecule is COc1cccc(OCCOc2ccc(/C=C(/C#N)C(=O)Nc3nnc(N4CCCC4)s3)cc2)c1. The Kier molecular flexibility index (Phi) is 8.14. The lowest BCUT2D eigenvalue weighted by Crippen LogP contribution is -2.17. The van der Waals surface area contributed by atoms with Crippen molar-refractivity contribution < 1.29 is 19.0 Å². The average Bonchev–Trinajstić information content (AvgIpc) is 3.58. The lowest BCUT2D eigenvalue weighted by atomic mass is 10.1. The van der Waals surface area contributed by atoms with Gasteiger partial charge in [-0.1, -0.05) is 29.5 Å². The van der Waals surface area contributed by atoms with Gasteiger partial charge in [-0.05, 0) is 48.7 Å². The van der Waals surface area contributed by atoms with Crippen molar-refractivity contribution in [3.05, 3.63) is 59.7 Å². The smallest absolute Gasteiger partial charge is 0.268 e. The Labute approximate surface area is 207 Å². The van der Waals surface area contributed by atoms with Crippen molar-refractivity contribution >= 4 is 33.6 Å². The third-order valence-electron chi connectivity index (χ3n) is 5.23. The number of hydrogen-bond acceptors (Lipinski definition) is 9. The summed E-state index contributed by atoms with van der Waals surface area (Å²) >= 11 is 1.31. The van der Waals surface area contributed by atoms with Crippen LogP contribution in [-0.2, 0) is 4.79 Å². The number of nitrogens with zero attached hydrogens (tertiary/aromatic N) is 4. The van der Waals surface area contributed by atoms with Crippen LogP contribution < -0.4 is 24.4 Å². The molecule has 180 valence electrons. The van der Waals surface area contributed by atoms with Gasteiger partial charge in [0.2, 0.25) is 10.3 Å². The first-order valence-electron chi connectivity index (χ1n) is 11.2. The lowest BCUT2D eigenvalue weighted by molar-refractivity contribution is -0.112. The molecule has 1 saturated heterocycles. The topological polar surface area (TPSA) is 110 Å². The maximum absolute atomic E-state index is 12.6. The molecule has 0 atom stereocenters. The van der Waals surface area contributed by atoms with Crippen molar-refractivity contribution in [2.24, 2.45) is 0 Å². The van der Waals surface area contributed by atoms with Crippen LogP contribution in [0.2, 0.25) is 0 Å². The molecule has 0 aliphatic carbocycles. The number of rotatable bonds is 10. The van der Waals surface area contributed by atoms with Gasteiger partial charge in [0, 0.05) is 19.2 Å². The summed E-state index contributed by atoms with van der Waals surface area (Å²) < 4.78 is 16.5. The summed E-state index contributed by atoms with van der Waals surface area (Å²) in [6.07, 6.45) is 3.78. The maximum atomic E-state index is 12.6. The van der Waals surface area contributed by atoms with Gasteiger partial charge >= 0.3 is 0 Å². The molecule has 35 heavy (non-hydrogen) atoms. The van der Waals surface area contributed by atoms with E-state index in [1.54, 1.807) is 31.4 Å². The number of aromatic nitrogens is 2. The fourth-order valence-corrected chi connectivity index (χ4v) is 4.24. The van der Waals surface area contributed by atoms with Crippen molar-refractivity contribution in [2.45, 2.75) is 12.8 Å². The Bertz CT molecular complexity index is 1210. The molecule has 10 heteroatoms. The highest BCUT2D eigenvalue weighted by molar-refractivity contribution is 7.19. The van der Waals surface area contributed by atoms with E-state index in [0.717, 1.165) is 36.8 Å². The van der Waals surface area contributed by atoms with Crippen molar-refractivity contribution in [2.75, 3.05) is 43.6 Å². The predicted molar refractivity (Wildman–Crippen MR) is 134 cm³/mol. The Morgan fingerprint density at radius 1 is 1.09 bits per heavy atom. The normalized spacial score (nSPS) is 13.3. The van der Waals surface area contributed by atoms with Gasteiger partial charge in [-0.3, -0.25) is 10.1 Å². The number of nitriles is 1. The Balaban J connectivity index is 1.27. The fraction of sp³-hybridized carbons (Fsp3) is 0.280. The molecule has 0 saturated carbocycles. The van der Waals surface area contributed by atoms with E-state index in [1.165, 1.54) is 17.4 Å². The highest BCUT2D eigenvalue weighted by atomic mass is 32.1. The molecule has 0 radical (unpaired) electrons. The van der Waals surface area contributed by atoms with Crippen LogP contribution in [0.1, 0.15) is 18.4 Å². The molecule has 1 fully saturated rings. The molecule has 4 rings (SSSR count). The summed E-state index contributed by atoms with van der Waals surface area (Å²) in [6.45, 7) is 2.63. The second-order valence-corrected chi connectivity index (χ2v) is 8.61. The number of ether oxygens (including phenoxy) is 3. The van der Waals surface area contributed by atoms with E-state index in [2.05, 4.69) is 20.4 Å². The largest absolute Gasteiger partial charge is 0.497 e. The van der Waals surface area contributed by atoms with Crippen LogP contribution in [-0.4, -0.2) is 49.5 Å². The van der Waals surface area contributed by atoms with Crippen LogP contribution in [0.5, 0.6) is 17.2 Å². The molecule has 2 aromatic carbocycles. The number of carbonyl (C=O) groups is 1. The van der Waals surface area contributed by atoms with Gasteiger partial charge in [0.05, 0.1) is 7.11 Å².